The molecule has 0 heterocycles. The van der Waals surface area contributed by atoms with E-state index >= 15 is 0 Å². The minimum Gasteiger partial charge on any atom is -0.310 e. The highest BCUT2D eigenvalue weighted by Crippen LogP contribution is 2.43. The lowest BCUT2D eigenvalue weighted by atomic mass is 9.92. The number of benzene rings is 11. The molecule has 0 saturated heterocycles. The molecule has 0 aromatic heterocycles. The Balaban J connectivity index is 1.19. The molecule has 1 nitrogen and oxygen atoms in total. The van der Waals surface area contributed by atoms with Gasteiger partial charge in [-0.1, -0.05) is 182 Å². The van der Waals surface area contributed by atoms with E-state index < -0.39 is 0 Å². The van der Waals surface area contributed by atoms with Crippen molar-refractivity contribution in [2.75, 3.05) is 4.90 Å². The van der Waals surface area contributed by atoms with Crippen molar-refractivity contribution in [3.05, 3.63) is 236 Å². The molecule has 0 fully saturated rings. The molecule has 0 N–H and O–H groups in total. The van der Waals surface area contributed by atoms with Gasteiger partial charge in [-0.2, -0.15) is 0 Å². The molecular formula is C58H39N. The predicted octanol–water partition coefficient (Wildman–Crippen LogP) is 16.4. The molecule has 0 aliphatic rings. The van der Waals surface area contributed by atoms with Crippen molar-refractivity contribution >= 4 is 60.2 Å². The highest BCUT2D eigenvalue weighted by atomic mass is 15.1. The first-order valence-corrected chi connectivity index (χ1v) is 20.0. The van der Waals surface area contributed by atoms with E-state index in [-0.39, 0.29) is 35.4 Å². The topological polar surface area (TPSA) is 3.24 Å². The average Bonchev–Trinajstić information content (AvgIpc) is 3.35. The summed E-state index contributed by atoms with van der Waals surface area (Å²) in [5.41, 5.74) is 8.52. The van der Waals surface area contributed by atoms with Crippen LogP contribution in [0.25, 0.3) is 87.6 Å². The number of nitrogens with zero attached hydrogens (tertiary/aromatic N) is 1. The Labute approximate surface area is 350 Å². The number of hydrogen-bond donors (Lipinski definition) is 0. The monoisotopic (exact) mass is 753 g/mol. The summed E-state index contributed by atoms with van der Waals surface area (Å²) in [6.45, 7) is 0. The van der Waals surface area contributed by atoms with E-state index in [1.807, 2.05) is 95.9 Å². The minimum absolute atomic E-state index is 0.101. The second kappa shape index (κ2) is 14.6. The SMILES string of the molecule is [2H]c1c([2H])c(N(c2cc(-c3ccccc3)cc(-c3ccccc3)c2)c2cccc(-c3cc4ccccc4c4ccccc34)c2)c([2H])c([2H])c1-c1cc2ccccc2c2ccccc12. The largest absolute Gasteiger partial charge is 0.310 e. The summed E-state index contributed by atoms with van der Waals surface area (Å²) in [4.78, 5) is 1.93. The van der Waals surface area contributed by atoms with Crippen LogP contribution < -0.4 is 4.90 Å². The summed E-state index contributed by atoms with van der Waals surface area (Å²) in [6, 6.07) is 71.9. The van der Waals surface area contributed by atoms with Gasteiger partial charge >= 0.3 is 0 Å². The van der Waals surface area contributed by atoms with Crippen LogP contribution >= 0.6 is 0 Å². The van der Waals surface area contributed by atoms with E-state index in [2.05, 4.69) is 121 Å². The van der Waals surface area contributed by atoms with Gasteiger partial charge in [0, 0.05) is 17.1 Å². The van der Waals surface area contributed by atoms with Crippen LogP contribution in [0.4, 0.5) is 17.1 Å². The summed E-state index contributed by atoms with van der Waals surface area (Å²) >= 11 is 0. The summed E-state index contributed by atoms with van der Waals surface area (Å²) in [7, 11) is 0. The molecule has 0 atom stereocenters. The molecule has 1 heteroatoms. The number of anilines is 3. The van der Waals surface area contributed by atoms with E-state index in [1.165, 1.54) is 5.39 Å². The summed E-state index contributed by atoms with van der Waals surface area (Å²) in [5, 5.41) is 8.51. The number of rotatable bonds is 7. The maximum absolute atomic E-state index is 9.94. The zero-order valence-electron chi connectivity index (χ0n) is 36.2. The first-order chi connectivity index (χ1) is 30.9. The lowest BCUT2D eigenvalue weighted by Crippen LogP contribution is -2.10. The summed E-state index contributed by atoms with van der Waals surface area (Å²) in [5.74, 6) is 0. The number of hydrogen-bond acceptors (Lipinski definition) is 1. The van der Waals surface area contributed by atoms with Gasteiger partial charge in [-0.3, -0.25) is 0 Å². The van der Waals surface area contributed by atoms with Gasteiger partial charge in [0.25, 0.3) is 0 Å². The van der Waals surface area contributed by atoms with Crippen LogP contribution in [0.5, 0.6) is 0 Å². The van der Waals surface area contributed by atoms with Crippen LogP contribution in [0.1, 0.15) is 5.48 Å². The fourth-order valence-electron chi connectivity index (χ4n) is 8.66. The lowest BCUT2D eigenvalue weighted by molar-refractivity contribution is 1.28. The Morgan fingerprint density at radius 1 is 0.254 bits per heavy atom. The molecule has 0 unspecified atom stereocenters. The quantitative estimate of drug-likeness (QED) is 0.147. The van der Waals surface area contributed by atoms with E-state index in [0.717, 1.165) is 71.1 Å². The van der Waals surface area contributed by atoms with Gasteiger partial charge in [-0.15, -0.1) is 0 Å². The van der Waals surface area contributed by atoms with Crippen molar-refractivity contribution in [3.63, 3.8) is 0 Å². The average molecular weight is 754 g/mol. The summed E-state index contributed by atoms with van der Waals surface area (Å²) < 4.78 is 39.5. The normalized spacial score (nSPS) is 12.3. The molecule has 0 aliphatic carbocycles. The standard InChI is InChI=1S/C58H39N/c1-3-16-40(17-4-1)46-34-47(41-18-5-2-6-19-41)37-50(36-46)59(48-32-30-42(31-33-48)57-38-44-20-7-9-24-51(44)53-26-11-13-28-55(53)57)49-23-15-22-43(35-49)58-39-45-21-8-10-25-52(45)54-27-12-14-29-56(54)58/h1-39H/i30D,31D,32D,33D. The summed E-state index contributed by atoms with van der Waals surface area (Å²) in [6.07, 6.45) is 0. The lowest BCUT2D eigenvalue weighted by Gasteiger charge is -2.28. The second-order valence-corrected chi connectivity index (χ2v) is 15.0. The van der Waals surface area contributed by atoms with E-state index in [9.17, 15) is 5.48 Å². The highest BCUT2D eigenvalue weighted by Gasteiger charge is 2.18. The third kappa shape index (κ3) is 6.30. The van der Waals surface area contributed by atoms with Crippen LogP contribution in [-0.4, -0.2) is 0 Å². The Kier molecular flexibility index (Phi) is 7.55. The van der Waals surface area contributed by atoms with Crippen molar-refractivity contribution in [1.29, 1.82) is 0 Å². The molecule has 11 rings (SSSR count). The van der Waals surface area contributed by atoms with Gasteiger partial charge in [0.15, 0.2) is 0 Å². The molecule has 0 saturated carbocycles. The van der Waals surface area contributed by atoms with Crippen LogP contribution in [0.3, 0.4) is 0 Å². The van der Waals surface area contributed by atoms with Gasteiger partial charge in [0.2, 0.25) is 0 Å². The van der Waals surface area contributed by atoms with Gasteiger partial charge in [-0.05, 0) is 142 Å². The number of fused-ring (bicyclic) bond motifs is 6. The molecule has 276 valence electrons. The van der Waals surface area contributed by atoms with Gasteiger partial charge < -0.3 is 4.90 Å². The molecule has 11 aromatic rings. The molecule has 0 aliphatic heterocycles. The molecule has 11 aromatic carbocycles. The first kappa shape index (κ1) is 30.4. The van der Waals surface area contributed by atoms with Crippen LogP contribution in [-0.2, 0) is 0 Å². The van der Waals surface area contributed by atoms with E-state index in [4.69, 9.17) is 0 Å². The van der Waals surface area contributed by atoms with E-state index in [1.54, 1.807) is 0 Å². The van der Waals surface area contributed by atoms with Crippen molar-refractivity contribution in [2.45, 2.75) is 0 Å². The minimum atomic E-state index is -0.129. The van der Waals surface area contributed by atoms with Crippen molar-refractivity contribution < 1.29 is 5.48 Å². The van der Waals surface area contributed by atoms with Crippen molar-refractivity contribution in [1.82, 2.24) is 0 Å². The smallest absolute Gasteiger partial charge is 0.0645 e. The zero-order chi connectivity index (χ0) is 42.6. The van der Waals surface area contributed by atoms with Crippen molar-refractivity contribution in [3.8, 4) is 44.5 Å². The second-order valence-electron chi connectivity index (χ2n) is 15.0. The fourth-order valence-corrected chi connectivity index (χ4v) is 8.66. The molecule has 59 heavy (non-hydrogen) atoms. The predicted molar refractivity (Wildman–Crippen MR) is 253 cm³/mol. The Hall–Kier alpha value is -7.74. The fraction of sp³-hybridized carbons (Fsp3) is 0. The van der Waals surface area contributed by atoms with Gasteiger partial charge in [0.1, 0.15) is 0 Å². The van der Waals surface area contributed by atoms with Crippen LogP contribution in [0.2, 0.25) is 0 Å². The molecular weight excluding hydrogens is 711 g/mol. The maximum Gasteiger partial charge on any atom is 0.0645 e. The van der Waals surface area contributed by atoms with Crippen LogP contribution in [0, 0.1) is 0 Å². The van der Waals surface area contributed by atoms with Crippen molar-refractivity contribution in [2.24, 2.45) is 0 Å². The third-order valence-electron chi connectivity index (χ3n) is 11.4. The highest BCUT2D eigenvalue weighted by molar-refractivity contribution is 6.15. The van der Waals surface area contributed by atoms with Gasteiger partial charge in [-0.25, -0.2) is 0 Å². The van der Waals surface area contributed by atoms with Gasteiger partial charge in [0.05, 0.1) is 5.48 Å². The molecule has 0 spiro atoms. The molecule has 0 bridgehead atoms. The maximum atomic E-state index is 9.94. The Morgan fingerprint density at radius 3 is 1.22 bits per heavy atom. The first-order valence-electron chi connectivity index (χ1n) is 22.0. The Bertz CT molecular complexity index is 3480. The Morgan fingerprint density at radius 2 is 0.678 bits per heavy atom. The molecule has 0 radical (unpaired) electrons. The van der Waals surface area contributed by atoms with E-state index in [0.29, 0.717) is 16.9 Å². The zero-order valence-corrected chi connectivity index (χ0v) is 32.2. The third-order valence-corrected chi connectivity index (χ3v) is 11.4. The molecule has 0 amide bonds. The van der Waals surface area contributed by atoms with Crippen LogP contribution in [0.15, 0.2) is 236 Å².